The molecule has 2 unspecified atom stereocenters. The van der Waals surface area contributed by atoms with Crippen LogP contribution in [0, 0.1) is 11.8 Å². The van der Waals surface area contributed by atoms with Crippen molar-refractivity contribution >= 4 is 17.5 Å². The van der Waals surface area contributed by atoms with Crippen LogP contribution in [-0.2, 0) is 14.3 Å². The van der Waals surface area contributed by atoms with E-state index in [2.05, 4.69) is 10.2 Å². The zero-order valence-corrected chi connectivity index (χ0v) is 14.8. The number of morpholine rings is 1. The molecule has 2 fully saturated rings. The van der Waals surface area contributed by atoms with Crippen molar-refractivity contribution in [1.29, 1.82) is 0 Å². The highest BCUT2D eigenvalue weighted by Gasteiger charge is 2.49. The first kappa shape index (κ1) is 17.9. The Morgan fingerprint density at radius 1 is 1.20 bits per heavy atom. The van der Waals surface area contributed by atoms with Crippen LogP contribution >= 0.6 is 0 Å². The van der Waals surface area contributed by atoms with Crippen LogP contribution in [-0.4, -0.2) is 62.7 Å². The van der Waals surface area contributed by atoms with Crippen LogP contribution in [0.25, 0.3) is 0 Å². The Labute approximate surface area is 149 Å². The quantitative estimate of drug-likeness (QED) is 0.805. The van der Waals surface area contributed by atoms with Crippen molar-refractivity contribution < 1.29 is 14.3 Å². The summed E-state index contributed by atoms with van der Waals surface area (Å²) in [4.78, 5) is 29.0. The number of benzene rings is 1. The number of carbonyl (C=O) groups excluding carboxylic acids is 2. The fourth-order valence-corrected chi connectivity index (χ4v) is 3.32. The summed E-state index contributed by atoms with van der Waals surface area (Å²) >= 11 is 0. The highest BCUT2D eigenvalue weighted by molar-refractivity contribution is 6.01. The third kappa shape index (κ3) is 4.58. The molecule has 25 heavy (non-hydrogen) atoms. The van der Waals surface area contributed by atoms with Crippen molar-refractivity contribution in [3.8, 4) is 0 Å². The number of hydrogen-bond acceptors (Lipinski definition) is 4. The molecule has 0 bridgehead atoms. The first-order valence-electron chi connectivity index (χ1n) is 9.15. The van der Waals surface area contributed by atoms with E-state index in [4.69, 9.17) is 4.74 Å². The van der Waals surface area contributed by atoms with Gasteiger partial charge in [-0.25, -0.2) is 0 Å². The maximum absolute atomic E-state index is 12.7. The minimum absolute atomic E-state index is 0.00993. The third-order valence-electron chi connectivity index (χ3n) is 4.93. The van der Waals surface area contributed by atoms with Gasteiger partial charge in [0, 0.05) is 38.4 Å². The van der Waals surface area contributed by atoms with E-state index in [9.17, 15) is 9.59 Å². The van der Waals surface area contributed by atoms with Gasteiger partial charge in [-0.05, 0) is 25.5 Å². The van der Waals surface area contributed by atoms with Gasteiger partial charge in [0.1, 0.15) is 0 Å². The monoisotopic (exact) mass is 345 g/mol. The van der Waals surface area contributed by atoms with Crippen LogP contribution in [0.3, 0.4) is 0 Å². The number of hydrogen-bond donors (Lipinski definition) is 1. The summed E-state index contributed by atoms with van der Waals surface area (Å²) in [6.07, 6.45) is 0.658. The van der Waals surface area contributed by atoms with Crippen LogP contribution in [0.15, 0.2) is 30.3 Å². The second kappa shape index (κ2) is 8.45. The van der Waals surface area contributed by atoms with E-state index in [-0.39, 0.29) is 23.7 Å². The van der Waals surface area contributed by atoms with Crippen molar-refractivity contribution in [2.24, 2.45) is 11.8 Å². The van der Waals surface area contributed by atoms with Crippen LogP contribution in [0.1, 0.15) is 13.3 Å². The zero-order chi connectivity index (χ0) is 17.6. The fourth-order valence-electron chi connectivity index (χ4n) is 3.32. The van der Waals surface area contributed by atoms with Gasteiger partial charge in [0.05, 0.1) is 25.0 Å². The molecule has 6 heteroatoms. The molecule has 1 heterocycles. The van der Waals surface area contributed by atoms with E-state index in [0.717, 1.165) is 38.5 Å². The molecule has 0 aromatic heterocycles. The van der Waals surface area contributed by atoms with E-state index in [1.54, 1.807) is 4.90 Å². The number of carbonyl (C=O) groups is 2. The van der Waals surface area contributed by atoms with Crippen LogP contribution in [0.2, 0.25) is 0 Å². The molecular weight excluding hydrogens is 318 g/mol. The highest BCUT2D eigenvalue weighted by Crippen LogP contribution is 2.40. The molecule has 6 nitrogen and oxygen atoms in total. The van der Waals surface area contributed by atoms with Gasteiger partial charge < -0.3 is 15.0 Å². The van der Waals surface area contributed by atoms with Crippen molar-refractivity contribution in [2.75, 3.05) is 50.8 Å². The Balaban J connectivity index is 1.44. The summed E-state index contributed by atoms with van der Waals surface area (Å²) in [6, 6.07) is 9.65. The predicted molar refractivity (Wildman–Crippen MR) is 96.3 cm³/mol. The van der Waals surface area contributed by atoms with Crippen molar-refractivity contribution in [3.05, 3.63) is 30.3 Å². The number of rotatable bonds is 7. The summed E-state index contributed by atoms with van der Waals surface area (Å²) < 4.78 is 5.31. The summed E-state index contributed by atoms with van der Waals surface area (Å²) in [7, 11) is 0. The maximum atomic E-state index is 12.7. The number of anilines is 1. The molecule has 2 amide bonds. The number of nitrogens with one attached hydrogen (secondary N) is 1. The highest BCUT2D eigenvalue weighted by atomic mass is 16.5. The molecule has 1 saturated heterocycles. The Bertz CT molecular complexity index is 587. The Kier molecular flexibility index (Phi) is 6.04. The third-order valence-corrected chi connectivity index (χ3v) is 4.93. The van der Waals surface area contributed by atoms with Crippen molar-refractivity contribution in [2.45, 2.75) is 13.3 Å². The number of para-hydroxylation sites is 1. The fraction of sp³-hybridized carbons (Fsp3) is 0.579. The molecule has 1 aromatic rings. The molecule has 1 N–H and O–H groups in total. The van der Waals surface area contributed by atoms with E-state index in [1.807, 2.05) is 37.3 Å². The smallest absolute Gasteiger partial charge is 0.230 e. The average Bonchev–Trinajstić information content (AvgIpc) is 3.45. The van der Waals surface area contributed by atoms with E-state index in [0.29, 0.717) is 19.5 Å². The van der Waals surface area contributed by atoms with Gasteiger partial charge in [-0.15, -0.1) is 0 Å². The summed E-state index contributed by atoms with van der Waals surface area (Å²) in [5, 5.41) is 2.98. The Hall–Kier alpha value is -1.92. The van der Waals surface area contributed by atoms with Gasteiger partial charge >= 0.3 is 0 Å². The molecule has 136 valence electrons. The van der Waals surface area contributed by atoms with Crippen LogP contribution in [0.5, 0.6) is 0 Å². The van der Waals surface area contributed by atoms with Crippen molar-refractivity contribution in [1.82, 2.24) is 10.2 Å². The maximum Gasteiger partial charge on any atom is 0.230 e. The average molecular weight is 345 g/mol. The first-order chi connectivity index (χ1) is 12.2. The molecule has 0 spiro atoms. The van der Waals surface area contributed by atoms with Crippen LogP contribution in [0.4, 0.5) is 5.69 Å². The van der Waals surface area contributed by atoms with E-state index >= 15 is 0 Å². The minimum atomic E-state index is -0.177. The van der Waals surface area contributed by atoms with Crippen molar-refractivity contribution in [3.63, 3.8) is 0 Å². The standard InChI is InChI=1S/C19H27N3O3/c1-2-22(15-6-4-3-5-7-15)19(24)17-14-16(17)18(23)20-8-9-21-10-12-25-13-11-21/h3-7,16-17H,2,8-14H2,1H3,(H,20,23). The summed E-state index contributed by atoms with van der Waals surface area (Å²) in [5.74, 6) is -0.281. The van der Waals surface area contributed by atoms with Gasteiger partial charge in [-0.1, -0.05) is 18.2 Å². The second-order valence-electron chi connectivity index (χ2n) is 6.61. The molecule has 1 aliphatic carbocycles. The molecule has 1 aromatic carbocycles. The van der Waals surface area contributed by atoms with Gasteiger partial charge in [0.15, 0.2) is 0 Å². The number of ether oxygens (including phenoxy) is 1. The zero-order valence-electron chi connectivity index (χ0n) is 14.8. The largest absolute Gasteiger partial charge is 0.379 e. The van der Waals surface area contributed by atoms with Gasteiger partial charge in [0.2, 0.25) is 11.8 Å². The lowest BCUT2D eigenvalue weighted by molar-refractivity contribution is -0.126. The lowest BCUT2D eigenvalue weighted by atomic mass is 10.2. The molecule has 1 saturated carbocycles. The van der Waals surface area contributed by atoms with E-state index < -0.39 is 0 Å². The van der Waals surface area contributed by atoms with Gasteiger partial charge in [-0.2, -0.15) is 0 Å². The lowest BCUT2D eigenvalue weighted by Crippen LogP contribution is -2.42. The lowest BCUT2D eigenvalue weighted by Gasteiger charge is -2.26. The first-order valence-corrected chi connectivity index (χ1v) is 9.15. The SMILES string of the molecule is CCN(C(=O)C1CC1C(=O)NCCN1CCOCC1)c1ccccc1. The predicted octanol–water partition coefficient (Wildman–Crippen LogP) is 1.12. The normalized spacial score (nSPS) is 23.1. The Morgan fingerprint density at radius 3 is 2.60 bits per heavy atom. The number of amides is 2. The summed E-state index contributed by atoms with van der Waals surface area (Å²) in [6.45, 7) is 7.41. The molecule has 2 aliphatic rings. The molecule has 1 aliphatic heterocycles. The molecular formula is C19H27N3O3. The van der Waals surface area contributed by atoms with Crippen LogP contribution < -0.4 is 10.2 Å². The molecule has 0 radical (unpaired) electrons. The van der Waals surface area contributed by atoms with E-state index in [1.165, 1.54) is 0 Å². The van der Waals surface area contributed by atoms with Gasteiger partial charge in [0.25, 0.3) is 0 Å². The second-order valence-corrected chi connectivity index (χ2v) is 6.61. The molecule has 2 atom stereocenters. The van der Waals surface area contributed by atoms with Gasteiger partial charge in [-0.3, -0.25) is 14.5 Å². The minimum Gasteiger partial charge on any atom is -0.379 e. The summed E-state index contributed by atoms with van der Waals surface area (Å²) in [5.41, 5.74) is 0.897. The molecule has 3 rings (SSSR count). The topological polar surface area (TPSA) is 61.9 Å². The number of nitrogens with zero attached hydrogens (tertiary/aromatic N) is 2. The Morgan fingerprint density at radius 2 is 1.92 bits per heavy atom.